The first kappa shape index (κ1) is 17.0. The highest BCUT2D eigenvalue weighted by atomic mass is 32.2. The third-order valence-electron chi connectivity index (χ3n) is 4.47. The van der Waals surface area contributed by atoms with Crippen LogP contribution >= 0.6 is 0 Å². The molecule has 2 heterocycles. The molecule has 1 N–H and O–H groups in total. The smallest absolute Gasteiger partial charge is 0.354 e. The first-order valence-electron chi connectivity index (χ1n) is 8.22. The van der Waals surface area contributed by atoms with Crippen molar-refractivity contribution in [1.29, 1.82) is 0 Å². The summed E-state index contributed by atoms with van der Waals surface area (Å²) in [6.45, 7) is 5.29. The van der Waals surface area contributed by atoms with Crippen LogP contribution in [0.15, 0.2) is 29.2 Å². The molecule has 7 heteroatoms. The Labute approximate surface area is 141 Å². The number of rotatable bonds is 4. The quantitative estimate of drug-likeness (QED) is 0.860. The fourth-order valence-electron chi connectivity index (χ4n) is 2.96. The number of H-pyrrole nitrogens is 1. The monoisotopic (exact) mass is 350 g/mol. The Kier molecular flexibility index (Phi) is 4.64. The van der Waals surface area contributed by atoms with Crippen LogP contribution in [0.1, 0.15) is 37.2 Å². The largest absolute Gasteiger partial charge is 0.461 e. The predicted octanol–water partition coefficient (Wildman–Crippen LogP) is 2.77. The molecule has 0 spiro atoms. The zero-order valence-corrected chi connectivity index (χ0v) is 14.7. The number of carbonyl (C=O) groups excluding carboxylic acids is 1. The molecule has 1 saturated heterocycles. The Morgan fingerprint density at radius 1 is 1.29 bits per heavy atom. The van der Waals surface area contributed by atoms with Gasteiger partial charge in [0.05, 0.1) is 11.5 Å². The van der Waals surface area contributed by atoms with Gasteiger partial charge in [0.1, 0.15) is 5.69 Å². The van der Waals surface area contributed by atoms with Crippen molar-refractivity contribution in [3.8, 4) is 0 Å². The van der Waals surface area contributed by atoms with Gasteiger partial charge in [0.2, 0.25) is 10.0 Å². The van der Waals surface area contributed by atoms with Gasteiger partial charge in [0.25, 0.3) is 0 Å². The predicted molar refractivity (Wildman–Crippen MR) is 91.4 cm³/mol. The van der Waals surface area contributed by atoms with Crippen molar-refractivity contribution in [1.82, 2.24) is 9.29 Å². The van der Waals surface area contributed by atoms with Crippen LogP contribution in [0, 0.1) is 5.92 Å². The van der Waals surface area contributed by atoms with E-state index < -0.39 is 16.0 Å². The summed E-state index contributed by atoms with van der Waals surface area (Å²) >= 11 is 0. The molecule has 6 nitrogen and oxygen atoms in total. The SMILES string of the molecule is CCOC(=O)c1cc2ccc(S(=O)(=O)N3CCC(C)CC3)cc2[nH]1. The highest BCUT2D eigenvalue weighted by Crippen LogP contribution is 2.26. The molecular formula is C17H22N2O4S. The minimum absolute atomic E-state index is 0.252. The number of hydrogen-bond acceptors (Lipinski definition) is 4. The molecular weight excluding hydrogens is 328 g/mol. The number of nitrogens with one attached hydrogen (secondary N) is 1. The lowest BCUT2D eigenvalue weighted by atomic mass is 10.0. The van der Waals surface area contributed by atoms with Gasteiger partial charge in [-0.3, -0.25) is 0 Å². The minimum Gasteiger partial charge on any atom is -0.461 e. The molecule has 0 bridgehead atoms. The molecule has 1 aromatic heterocycles. The topological polar surface area (TPSA) is 79.5 Å². The van der Waals surface area contributed by atoms with Gasteiger partial charge in [0, 0.05) is 24.0 Å². The lowest BCUT2D eigenvalue weighted by molar-refractivity contribution is 0.0520. The number of aromatic amines is 1. The molecule has 0 aliphatic carbocycles. The van der Waals surface area contributed by atoms with Crippen molar-refractivity contribution in [2.45, 2.75) is 31.6 Å². The molecule has 3 rings (SSSR count). The van der Waals surface area contributed by atoms with Gasteiger partial charge in [-0.2, -0.15) is 4.31 Å². The van der Waals surface area contributed by atoms with Crippen LogP contribution in [0.4, 0.5) is 0 Å². The second-order valence-electron chi connectivity index (χ2n) is 6.24. The number of sulfonamides is 1. The maximum absolute atomic E-state index is 12.8. The number of aromatic nitrogens is 1. The molecule has 1 aromatic carbocycles. The van der Waals surface area contributed by atoms with E-state index in [9.17, 15) is 13.2 Å². The fourth-order valence-corrected chi connectivity index (χ4v) is 4.46. The molecule has 0 radical (unpaired) electrons. The lowest BCUT2D eigenvalue weighted by Crippen LogP contribution is -2.37. The van der Waals surface area contributed by atoms with Crippen LogP contribution in [-0.2, 0) is 14.8 Å². The van der Waals surface area contributed by atoms with Crippen molar-refractivity contribution in [3.05, 3.63) is 30.0 Å². The molecule has 130 valence electrons. The van der Waals surface area contributed by atoms with Gasteiger partial charge in [0.15, 0.2) is 0 Å². The number of hydrogen-bond donors (Lipinski definition) is 1. The van der Waals surface area contributed by atoms with Crippen LogP contribution in [0.5, 0.6) is 0 Å². The molecule has 24 heavy (non-hydrogen) atoms. The summed E-state index contributed by atoms with van der Waals surface area (Å²) in [5.74, 6) is 0.123. The van der Waals surface area contributed by atoms with E-state index in [2.05, 4.69) is 11.9 Å². The number of carbonyl (C=O) groups is 1. The number of nitrogens with zero attached hydrogens (tertiary/aromatic N) is 1. The van der Waals surface area contributed by atoms with Crippen molar-refractivity contribution in [2.75, 3.05) is 19.7 Å². The first-order valence-corrected chi connectivity index (χ1v) is 9.66. The van der Waals surface area contributed by atoms with E-state index >= 15 is 0 Å². The summed E-state index contributed by atoms with van der Waals surface area (Å²) in [6, 6.07) is 6.57. The molecule has 0 amide bonds. The maximum atomic E-state index is 12.8. The van der Waals surface area contributed by atoms with E-state index in [0.717, 1.165) is 18.2 Å². The highest BCUT2D eigenvalue weighted by Gasteiger charge is 2.28. The Hall–Kier alpha value is -1.86. The van der Waals surface area contributed by atoms with Gasteiger partial charge in [-0.15, -0.1) is 0 Å². The minimum atomic E-state index is -3.50. The fraction of sp³-hybridized carbons (Fsp3) is 0.471. The average molecular weight is 350 g/mol. The van der Waals surface area contributed by atoms with Crippen LogP contribution in [0.2, 0.25) is 0 Å². The third kappa shape index (κ3) is 3.18. The van der Waals surface area contributed by atoms with Gasteiger partial charge < -0.3 is 9.72 Å². The van der Waals surface area contributed by atoms with Gasteiger partial charge in [-0.1, -0.05) is 13.0 Å². The molecule has 0 saturated carbocycles. The number of fused-ring (bicyclic) bond motifs is 1. The normalized spacial score (nSPS) is 17.2. The van der Waals surface area contributed by atoms with Crippen LogP contribution in [0.3, 0.4) is 0 Å². The number of benzene rings is 1. The summed E-state index contributed by atoms with van der Waals surface area (Å²) in [6.07, 6.45) is 1.77. The third-order valence-corrected chi connectivity index (χ3v) is 6.36. The summed E-state index contributed by atoms with van der Waals surface area (Å²) < 4.78 is 32.1. The second kappa shape index (κ2) is 6.57. The highest BCUT2D eigenvalue weighted by molar-refractivity contribution is 7.89. The summed E-state index contributed by atoms with van der Waals surface area (Å²) in [5.41, 5.74) is 0.942. The zero-order chi connectivity index (χ0) is 17.3. The molecule has 1 aliphatic heterocycles. The van der Waals surface area contributed by atoms with E-state index in [1.54, 1.807) is 35.5 Å². The Morgan fingerprint density at radius 3 is 2.67 bits per heavy atom. The lowest BCUT2D eigenvalue weighted by Gasteiger charge is -2.29. The summed E-state index contributed by atoms with van der Waals surface area (Å²) in [7, 11) is -3.50. The van der Waals surface area contributed by atoms with E-state index in [-0.39, 0.29) is 4.90 Å². The van der Waals surface area contributed by atoms with Crippen LogP contribution < -0.4 is 0 Å². The number of piperidine rings is 1. The van der Waals surface area contributed by atoms with E-state index in [0.29, 0.717) is 36.8 Å². The molecule has 0 atom stereocenters. The van der Waals surface area contributed by atoms with Gasteiger partial charge in [-0.25, -0.2) is 13.2 Å². The summed E-state index contributed by atoms with van der Waals surface area (Å²) in [4.78, 5) is 15.0. The average Bonchev–Trinajstić information content (AvgIpc) is 2.98. The van der Waals surface area contributed by atoms with Gasteiger partial charge in [-0.05, 0) is 43.9 Å². The number of esters is 1. The van der Waals surface area contributed by atoms with Crippen LogP contribution in [-0.4, -0.2) is 43.4 Å². The van der Waals surface area contributed by atoms with E-state index in [1.807, 2.05) is 0 Å². The number of ether oxygens (including phenoxy) is 1. The van der Waals surface area contributed by atoms with Crippen molar-refractivity contribution in [3.63, 3.8) is 0 Å². The van der Waals surface area contributed by atoms with E-state index in [4.69, 9.17) is 4.74 Å². The van der Waals surface area contributed by atoms with Crippen molar-refractivity contribution >= 4 is 26.9 Å². The Balaban J connectivity index is 1.91. The van der Waals surface area contributed by atoms with Gasteiger partial charge >= 0.3 is 5.97 Å². The Morgan fingerprint density at radius 2 is 2.00 bits per heavy atom. The van der Waals surface area contributed by atoms with Crippen molar-refractivity contribution < 1.29 is 17.9 Å². The zero-order valence-electron chi connectivity index (χ0n) is 13.9. The molecule has 1 fully saturated rings. The Bertz CT molecular complexity index is 849. The summed E-state index contributed by atoms with van der Waals surface area (Å²) in [5, 5.41) is 0.782. The molecule has 2 aromatic rings. The first-order chi connectivity index (χ1) is 11.4. The molecule has 1 aliphatic rings. The standard InChI is InChI=1S/C17H22N2O4S/c1-3-23-17(20)16-10-13-4-5-14(11-15(13)18-16)24(21,22)19-8-6-12(2)7-9-19/h4-5,10-12,18H,3,6-9H2,1-2H3. The molecule has 0 unspecified atom stereocenters. The van der Waals surface area contributed by atoms with E-state index in [1.165, 1.54) is 0 Å². The van der Waals surface area contributed by atoms with Crippen molar-refractivity contribution in [2.24, 2.45) is 5.92 Å². The second-order valence-corrected chi connectivity index (χ2v) is 8.18. The maximum Gasteiger partial charge on any atom is 0.354 e. The van der Waals surface area contributed by atoms with Crippen LogP contribution in [0.25, 0.3) is 10.9 Å².